The lowest BCUT2D eigenvalue weighted by molar-refractivity contribution is -0.128. The number of amides is 2. The second kappa shape index (κ2) is 8.15. The number of halogens is 2. The summed E-state index contributed by atoms with van der Waals surface area (Å²) in [4.78, 5) is 27.6. The molecule has 0 radical (unpaired) electrons. The van der Waals surface area contributed by atoms with E-state index in [0.29, 0.717) is 25.3 Å². The molecule has 7 heteroatoms. The topological polar surface area (TPSA) is 58.6 Å². The smallest absolute Gasteiger partial charge is 0.257 e. The van der Waals surface area contributed by atoms with Gasteiger partial charge in [-0.1, -0.05) is 27.2 Å². The number of rotatable bonds is 4. The zero-order valence-electron chi connectivity index (χ0n) is 16.6. The predicted octanol–water partition coefficient (Wildman–Crippen LogP) is 3.48. The first kappa shape index (κ1) is 20.7. The zero-order chi connectivity index (χ0) is 20.5. The molecule has 1 aromatic carbocycles. The van der Waals surface area contributed by atoms with Gasteiger partial charge in [0.1, 0.15) is 23.4 Å². The van der Waals surface area contributed by atoms with E-state index in [1.807, 2.05) is 13.8 Å². The van der Waals surface area contributed by atoms with E-state index < -0.39 is 29.3 Å². The molecule has 154 valence electrons. The highest BCUT2D eigenvalue weighted by molar-refractivity contribution is 5.98. The molecule has 28 heavy (non-hydrogen) atoms. The lowest BCUT2D eigenvalue weighted by atomic mass is 9.83. The molecule has 0 unspecified atom stereocenters. The SMILES string of the molecule is CC(C)CNC(=O)[C@@H]1CO[C@@]2(CCC[C@@H](C)C2)N1C(=O)c1cc(F)cc(F)c1. The normalized spacial score (nSPS) is 27.4. The van der Waals surface area contributed by atoms with Crippen molar-refractivity contribution in [3.05, 3.63) is 35.4 Å². The average Bonchev–Trinajstić information content (AvgIpc) is 2.96. The Balaban J connectivity index is 1.95. The molecule has 1 aliphatic carbocycles. The van der Waals surface area contributed by atoms with Crippen LogP contribution >= 0.6 is 0 Å². The molecule has 2 fully saturated rings. The van der Waals surface area contributed by atoms with Crippen LogP contribution < -0.4 is 5.32 Å². The lowest BCUT2D eigenvalue weighted by Crippen LogP contribution is -2.57. The Labute approximate surface area is 164 Å². The summed E-state index contributed by atoms with van der Waals surface area (Å²) in [5.41, 5.74) is -1.01. The molecular formula is C21H28F2N2O3. The van der Waals surface area contributed by atoms with Gasteiger partial charge in [0.2, 0.25) is 5.91 Å². The minimum Gasteiger partial charge on any atom is -0.354 e. The maximum atomic E-state index is 13.7. The predicted molar refractivity (Wildman–Crippen MR) is 100 cm³/mol. The maximum Gasteiger partial charge on any atom is 0.257 e. The molecule has 1 saturated carbocycles. The lowest BCUT2D eigenvalue weighted by Gasteiger charge is -2.43. The van der Waals surface area contributed by atoms with Gasteiger partial charge in [0.05, 0.1) is 6.61 Å². The van der Waals surface area contributed by atoms with Gasteiger partial charge in [-0.05, 0) is 43.2 Å². The fraction of sp³-hybridized carbons (Fsp3) is 0.619. The molecule has 2 aliphatic rings. The van der Waals surface area contributed by atoms with Crippen LogP contribution in [-0.2, 0) is 9.53 Å². The standard InChI is InChI=1S/C21H28F2N2O3/c1-13(2)11-24-19(26)18-12-28-21(6-4-5-14(3)10-21)25(18)20(27)15-7-16(22)9-17(23)8-15/h7-9,13-14,18H,4-6,10-12H2,1-3H3,(H,24,26)/t14-,18+,21-/m1/s1. The van der Waals surface area contributed by atoms with E-state index in [0.717, 1.165) is 31.0 Å². The van der Waals surface area contributed by atoms with Gasteiger partial charge in [0.15, 0.2) is 0 Å². The minimum absolute atomic E-state index is 0.0835. The third-order valence-electron chi connectivity index (χ3n) is 5.51. The van der Waals surface area contributed by atoms with E-state index in [-0.39, 0.29) is 24.0 Å². The van der Waals surface area contributed by atoms with Gasteiger partial charge < -0.3 is 10.1 Å². The van der Waals surface area contributed by atoms with Crippen molar-refractivity contribution in [1.29, 1.82) is 0 Å². The Hall–Kier alpha value is -2.02. The van der Waals surface area contributed by atoms with Crippen molar-refractivity contribution in [2.75, 3.05) is 13.2 Å². The van der Waals surface area contributed by atoms with E-state index in [4.69, 9.17) is 4.74 Å². The monoisotopic (exact) mass is 394 g/mol. The van der Waals surface area contributed by atoms with E-state index in [2.05, 4.69) is 12.2 Å². The summed E-state index contributed by atoms with van der Waals surface area (Å²) in [5, 5.41) is 2.86. The van der Waals surface area contributed by atoms with Gasteiger partial charge >= 0.3 is 0 Å². The van der Waals surface area contributed by atoms with Gasteiger partial charge in [0.25, 0.3) is 5.91 Å². The molecule has 1 aromatic rings. The van der Waals surface area contributed by atoms with Crippen molar-refractivity contribution < 1.29 is 23.1 Å². The number of nitrogens with zero attached hydrogens (tertiary/aromatic N) is 1. The van der Waals surface area contributed by atoms with Crippen molar-refractivity contribution in [2.45, 2.75) is 58.2 Å². The van der Waals surface area contributed by atoms with Crippen LogP contribution in [0.25, 0.3) is 0 Å². The summed E-state index contributed by atoms with van der Waals surface area (Å²) in [5.74, 6) is -1.93. The Morgan fingerprint density at radius 1 is 1.29 bits per heavy atom. The molecule has 1 aliphatic heterocycles. The average molecular weight is 394 g/mol. The summed E-state index contributed by atoms with van der Waals surface area (Å²) in [6.45, 7) is 6.61. The largest absolute Gasteiger partial charge is 0.354 e. The molecule has 1 heterocycles. The summed E-state index contributed by atoms with van der Waals surface area (Å²) in [6, 6.07) is 1.92. The molecule has 1 N–H and O–H groups in total. The van der Waals surface area contributed by atoms with Crippen LogP contribution in [0.4, 0.5) is 8.78 Å². The molecule has 1 spiro atoms. The number of carbonyl (C=O) groups excluding carboxylic acids is 2. The van der Waals surface area contributed by atoms with Crippen LogP contribution in [0.5, 0.6) is 0 Å². The molecule has 3 atom stereocenters. The highest BCUT2D eigenvalue weighted by atomic mass is 19.1. The molecule has 5 nitrogen and oxygen atoms in total. The third kappa shape index (κ3) is 4.19. The molecule has 0 aromatic heterocycles. The van der Waals surface area contributed by atoms with Crippen molar-refractivity contribution >= 4 is 11.8 Å². The first-order valence-electron chi connectivity index (χ1n) is 9.93. The van der Waals surface area contributed by atoms with E-state index in [1.54, 1.807) is 0 Å². The summed E-state index contributed by atoms with van der Waals surface area (Å²) >= 11 is 0. The van der Waals surface area contributed by atoms with E-state index in [9.17, 15) is 18.4 Å². The quantitative estimate of drug-likeness (QED) is 0.851. The van der Waals surface area contributed by atoms with Gasteiger partial charge in [-0.2, -0.15) is 0 Å². The second-order valence-corrected chi connectivity index (χ2v) is 8.45. The first-order chi connectivity index (χ1) is 13.2. The summed E-state index contributed by atoms with van der Waals surface area (Å²) in [7, 11) is 0. The zero-order valence-corrected chi connectivity index (χ0v) is 16.6. The maximum absolute atomic E-state index is 13.7. The van der Waals surface area contributed by atoms with Crippen molar-refractivity contribution in [2.24, 2.45) is 11.8 Å². The second-order valence-electron chi connectivity index (χ2n) is 8.45. The number of hydrogen-bond acceptors (Lipinski definition) is 3. The number of ether oxygens (including phenoxy) is 1. The molecule has 3 rings (SSSR count). The number of carbonyl (C=O) groups is 2. The van der Waals surface area contributed by atoms with Gasteiger partial charge in [0, 0.05) is 18.2 Å². The molecule has 0 bridgehead atoms. The van der Waals surface area contributed by atoms with Crippen LogP contribution in [-0.4, -0.2) is 41.6 Å². The fourth-order valence-electron chi connectivity index (χ4n) is 4.25. The van der Waals surface area contributed by atoms with Crippen LogP contribution in [0.1, 0.15) is 56.8 Å². The van der Waals surface area contributed by atoms with Crippen molar-refractivity contribution in [1.82, 2.24) is 10.2 Å². The highest BCUT2D eigenvalue weighted by Gasteiger charge is 2.54. The number of hydrogen-bond donors (Lipinski definition) is 1. The van der Waals surface area contributed by atoms with Crippen LogP contribution in [0.3, 0.4) is 0 Å². The van der Waals surface area contributed by atoms with E-state index in [1.165, 1.54) is 4.90 Å². The van der Waals surface area contributed by atoms with Crippen molar-refractivity contribution in [3.8, 4) is 0 Å². The van der Waals surface area contributed by atoms with Crippen LogP contribution in [0.2, 0.25) is 0 Å². The van der Waals surface area contributed by atoms with Crippen LogP contribution in [0, 0.1) is 23.5 Å². The number of nitrogens with one attached hydrogen (secondary N) is 1. The first-order valence-corrected chi connectivity index (χ1v) is 9.93. The Bertz CT molecular complexity index is 735. The fourth-order valence-corrected chi connectivity index (χ4v) is 4.25. The van der Waals surface area contributed by atoms with E-state index >= 15 is 0 Å². The Morgan fingerprint density at radius 2 is 1.96 bits per heavy atom. The Morgan fingerprint density at radius 3 is 2.57 bits per heavy atom. The molecular weight excluding hydrogens is 366 g/mol. The number of benzene rings is 1. The molecule has 1 saturated heterocycles. The molecule has 2 amide bonds. The van der Waals surface area contributed by atoms with Gasteiger partial charge in [-0.25, -0.2) is 8.78 Å². The Kier molecular flexibility index (Phi) is 6.03. The summed E-state index contributed by atoms with van der Waals surface area (Å²) < 4.78 is 33.5. The van der Waals surface area contributed by atoms with Crippen LogP contribution in [0.15, 0.2) is 18.2 Å². The van der Waals surface area contributed by atoms with Crippen molar-refractivity contribution in [3.63, 3.8) is 0 Å². The summed E-state index contributed by atoms with van der Waals surface area (Å²) in [6.07, 6.45) is 3.09. The van der Waals surface area contributed by atoms with Gasteiger partial charge in [-0.3, -0.25) is 14.5 Å². The third-order valence-corrected chi connectivity index (χ3v) is 5.51. The van der Waals surface area contributed by atoms with Gasteiger partial charge in [-0.15, -0.1) is 0 Å². The highest BCUT2D eigenvalue weighted by Crippen LogP contribution is 2.43. The minimum atomic E-state index is -0.905.